The molecule has 6 heteroatoms. The van der Waals surface area contributed by atoms with E-state index >= 15 is 0 Å². The average molecular weight is 852 g/mol. The Labute approximate surface area is 289 Å². The molecule has 0 aliphatic carbocycles. The molecule has 0 atom stereocenters. The molecule has 3 nitrogen and oxygen atoms in total. The number of fused-ring (bicyclic) bond motifs is 3. The summed E-state index contributed by atoms with van der Waals surface area (Å²) in [5, 5.41) is 1.86. The summed E-state index contributed by atoms with van der Waals surface area (Å²) in [5.74, 6) is 7.60. The molecule has 6 rings (SSSR count). The van der Waals surface area contributed by atoms with Crippen LogP contribution in [0.5, 0.6) is 0 Å². The van der Waals surface area contributed by atoms with Crippen LogP contribution in [0, 0.1) is 29.3 Å². The van der Waals surface area contributed by atoms with E-state index in [1.165, 1.54) is 27.7 Å². The SMILES string of the molecule is CC(C)(C)Cc1cc(-c2[c-]cccc2)nc[c]1[Ge]([CH3])([CH3])[CH3].CC(C)Cc1ccnc(-c2[c-]ccc3c2oc2cc(F)ccc23)c1.[Ir]. The number of aromatic nitrogens is 2. The van der Waals surface area contributed by atoms with Crippen molar-refractivity contribution in [3.05, 3.63) is 114 Å². The van der Waals surface area contributed by atoms with Crippen molar-refractivity contribution in [3.8, 4) is 22.5 Å². The third-order valence-electron chi connectivity index (χ3n) is 7.62. The van der Waals surface area contributed by atoms with Crippen LogP contribution in [0.25, 0.3) is 44.5 Å². The summed E-state index contributed by atoms with van der Waals surface area (Å²) in [7, 11) is 0. The van der Waals surface area contributed by atoms with Gasteiger partial charge < -0.3 is 9.40 Å². The normalized spacial score (nSPS) is 11.8. The van der Waals surface area contributed by atoms with Gasteiger partial charge in [0.25, 0.3) is 0 Å². The van der Waals surface area contributed by atoms with Crippen LogP contribution in [0.15, 0.2) is 89.6 Å². The number of benzene rings is 3. The Kier molecular flexibility index (Phi) is 11.5. The summed E-state index contributed by atoms with van der Waals surface area (Å²) in [5.41, 5.74) is 8.04. The molecule has 0 aliphatic rings. The molecule has 0 aliphatic heterocycles. The molecule has 0 saturated heterocycles. The van der Waals surface area contributed by atoms with Crippen molar-refractivity contribution in [1.29, 1.82) is 0 Å². The standard InChI is InChI=1S/C21H17FNO.C19H26GeN.Ir/c1-13(2)10-14-8-9-23-19(11-14)18-5-3-4-17-16-7-6-15(22)12-20(16)24-21(17)18;1-19(2,3)13-16-12-18(15-10-8-7-9-11-15)21-14-17(16)20(4,5)6;/h3-4,6-9,11-13H,10H2,1-2H3;7-10,12,14H,13H2,1-6H3;/q2*-1;. The maximum absolute atomic E-state index is 13.5. The smallest absolute Gasteiger partial charge is 0.126 e. The molecule has 241 valence electrons. The first kappa shape index (κ1) is 35.7. The molecule has 0 N–H and O–H groups in total. The Balaban J connectivity index is 0.000000207. The number of furan rings is 1. The van der Waals surface area contributed by atoms with E-state index in [2.05, 4.69) is 93.4 Å². The largest absolute Gasteiger partial charge is 0.500 e. The van der Waals surface area contributed by atoms with Crippen LogP contribution in [0.1, 0.15) is 45.7 Å². The van der Waals surface area contributed by atoms with Crippen molar-refractivity contribution in [3.63, 3.8) is 0 Å². The van der Waals surface area contributed by atoms with Crippen LogP contribution in [0.3, 0.4) is 0 Å². The van der Waals surface area contributed by atoms with Gasteiger partial charge in [-0.25, -0.2) is 4.39 Å². The van der Waals surface area contributed by atoms with Gasteiger partial charge in [-0.2, -0.15) is 0 Å². The maximum Gasteiger partial charge on any atom is 0.126 e. The van der Waals surface area contributed by atoms with E-state index in [9.17, 15) is 4.39 Å². The van der Waals surface area contributed by atoms with E-state index in [0.29, 0.717) is 22.5 Å². The van der Waals surface area contributed by atoms with Crippen molar-refractivity contribution >= 4 is 39.6 Å². The van der Waals surface area contributed by atoms with Gasteiger partial charge in [-0.05, 0) is 36.2 Å². The molecule has 3 aromatic heterocycles. The van der Waals surface area contributed by atoms with Crippen LogP contribution >= 0.6 is 0 Å². The molecule has 0 amide bonds. The summed E-state index contributed by atoms with van der Waals surface area (Å²) in [6.45, 7) is 11.3. The second-order valence-corrected chi connectivity index (χ2v) is 25.0. The molecule has 0 spiro atoms. The van der Waals surface area contributed by atoms with Crippen molar-refractivity contribution in [2.75, 3.05) is 0 Å². The fourth-order valence-electron chi connectivity index (χ4n) is 5.71. The van der Waals surface area contributed by atoms with E-state index in [4.69, 9.17) is 9.40 Å². The predicted molar refractivity (Wildman–Crippen MR) is 189 cm³/mol. The van der Waals surface area contributed by atoms with E-state index in [0.717, 1.165) is 46.1 Å². The Bertz CT molecular complexity index is 1920. The second-order valence-electron chi connectivity index (χ2n) is 14.5. The van der Waals surface area contributed by atoms with Gasteiger partial charge in [0.1, 0.15) is 11.4 Å². The first-order valence-electron chi connectivity index (χ1n) is 15.7. The molecule has 0 saturated carbocycles. The van der Waals surface area contributed by atoms with Gasteiger partial charge in [0.2, 0.25) is 0 Å². The minimum Gasteiger partial charge on any atom is -0.500 e. The molecule has 0 fully saturated rings. The van der Waals surface area contributed by atoms with Crippen LogP contribution in [-0.4, -0.2) is 23.2 Å². The van der Waals surface area contributed by atoms with Crippen molar-refractivity contribution in [1.82, 2.24) is 9.97 Å². The Morgan fingerprint density at radius 3 is 2.33 bits per heavy atom. The Morgan fingerprint density at radius 1 is 0.870 bits per heavy atom. The summed E-state index contributed by atoms with van der Waals surface area (Å²) in [4.78, 5) is 9.21. The number of hydrogen-bond acceptors (Lipinski definition) is 3. The monoisotopic (exact) mass is 853 g/mol. The zero-order valence-corrected chi connectivity index (χ0v) is 32.6. The van der Waals surface area contributed by atoms with Gasteiger partial charge in [0, 0.05) is 37.8 Å². The molecule has 6 aromatic rings. The quantitative estimate of drug-likeness (QED) is 0.124. The van der Waals surface area contributed by atoms with E-state index in [1.807, 2.05) is 42.6 Å². The molecule has 0 bridgehead atoms. The van der Waals surface area contributed by atoms with Crippen LogP contribution < -0.4 is 4.40 Å². The summed E-state index contributed by atoms with van der Waals surface area (Å²) >= 11 is -1.90. The van der Waals surface area contributed by atoms with Gasteiger partial charge in [-0.15, -0.1) is 18.2 Å². The van der Waals surface area contributed by atoms with Gasteiger partial charge >= 0.3 is 132 Å². The van der Waals surface area contributed by atoms with Gasteiger partial charge in [0.05, 0.1) is 5.58 Å². The molecular weight excluding hydrogens is 808 g/mol. The first-order valence-corrected chi connectivity index (χ1v) is 23.1. The van der Waals surface area contributed by atoms with Gasteiger partial charge in [0.15, 0.2) is 0 Å². The van der Waals surface area contributed by atoms with Gasteiger partial charge in [-0.3, -0.25) is 0 Å². The minimum atomic E-state index is -1.90. The zero-order valence-electron chi connectivity index (χ0n) is 28.1. The van der Waals surface area contributed by atoms with Gasteiger partial charge in [-0.1, -0.05) is 36.4 Å². The number of rotatable bonds is 6. The topological polar surface area (TPSA) is 38.9 Å². The fourth-order valence-corrected chi connectivity index (χ4v) is 9.01. The number of hydrogen-bond donors (Lipinski definition) is 0. The van der Waals surface area contributed by atoms with Crippen LogP contribution in [0.2, 0.25) is 17.3 Å². The van der Waals surface area contributed by atoms with Crippen molar-refractivity contribution < 1.29 is 28.9 Å². The van der Waals surface area contributed by atoms with Crippen LogP contribution in [-0.2, 0) is 32.9 Å². The molecule has 0 unspecified atom stereocenters. The minimum absolute atomic E-state index is 0. The number of halogens is 1. The first-order chi connectivity index (χ1) is 21.3. The molecule has 3 heterocycles. The molecule has 3 aromatic carbocycles. The van der Waals surface area contributed by atoms with E-state index in [1.54, 1.807) is 6.07 Å². The van der Waals surface area contributed by atoms with Crippen molar-refractivity contribution in [2.24, 2.45) is 11.3 Å². The molecular formula is C40H43FGeIrN2O-2. The molecule has 46 heavy (non-hydrogen) atoms. The summed E-state index contributed by atoms with van der Waals surface area (Å²) < 4.78 is 20.9. The summed E-state index contributed by atoms with van der Waals surface area (Å²) in [6.07, 6.45) is 6.06. The number of pyridine rings is 2. The predicted octanol–water partition coefficient (Wildman–Crippen LogP) is 10.5. The third kappa shape index (κ3) is 8.82. The fraction of sp³-hybridized carbons (Fsp3) is 0.300. The average Bonchev–Trinajstić information content (AvgIpc) is 3.34. The number of nitrogens with zero attached hydrogens (tertiary/aromatic N) is 2. The van der Waals surface area contributed by atoms with Crippen molar-refractivity contribution in [2.45, 2.75) is 64.7 Å². The second kappa shape index (κ2) is 14.8. The third-order valence-corrected chi connectivity index (χ3v) is 12.0. The maximum atomic E-state index is 13.5. The van der Waals surface area contributed by atoms with Crippen LogP contribution in [0.4, 0.5) is 4.39 Å². The van der Waals surface area contributed by atoms with E-state index < -0.39 is 13.3 Å². The Hall–Kier alpha value is -3.12. The summed E-state index contributed by atoms with van der Waals surface area (Å²) in [6, 6.07) is 29.5. The molecule has 1 radical (unpaired) electrons. The Morgan fingerprint density at radius 2 is 1.65 bits per heavy atom. The zero-order chi connectivity index (χ0) is 32.4. The van der Waals surface area contributed by atoms with E-state index in [-0.39, 0.29) is 25.9 Å².